The molecule has 4 rings (SSSR count). The number of ether oxygens (including phenoxy) is 2. The number of hydrogen-bond donors (Lipinski definition) is 0. The van der Waals surface area contributed by atoms with Crippen LogP contribution in [-0.4, -0.2) is 19.3 Å². The van der Waals surface area contributed by atoms with Gasteiger partial charge >= 0.3 is 0 Å². The largest absolute Gasteiger partial charge is 0.488 e. The van der Waals surface area contributed by atoms with Gasteiger partial charge in [0.05, 0.1) is 15.5 Å². The molecule has 1 saturated heterocycles. The Balaban J connectivity index is 1.75. The second-order valence-corrected chi connectivity index (χ2v) is 6.56. The van der Waals surface area contributed by atoms with E-state index < -0.39 is 17.5 Å². The summed E-state index contributed by atoms with van der Waals surface area (Å²) < 4.78 is 53.2. The van der Waals surface area contributed by atoms with E-state index >= 15 is 0 Å². The molecular formula is C17H13F3O2S. The van der Waals surface area contributed by atoms with Crippen LogP contribution in [0.25, 0.3) is 20.2 Å². The van der Waals surface area contributed by atoms with Crippen molar-refractivity contribution in [2.45, 2.75) is 18.9 Å². The molecule has 1 aliphatic heterocycles. The van der Waals surface area contributed by atoms with Crippen molar-refractivity contribution in [3.63, 3.8) is 0 Å². The van der Waals surface area contributed by atoms with E-state index in [-0.39, 0.29) is 27.9 Å². The van der Waals surface area contributed by atoms with Crippen molar-refractivity contribution in [3.05, 3.63) is 41.7 Å². The van der Waals surface area contributed by atoms with Gasteiger partial charge in [-0.25, -0.2) is 13.2 Å². The standard InChI is InChI=1S/C17H13F3O2S/c18-12-5-3-10-11-4-6-13(22-8-9-2-1-7-21-9)15(20)17(11)23-16(10)14(12)19/h3-6,9H,1-2,7-8H2. The van der Waals surface area contributed by atoms with E-state index in [4.69, 9.17) is 9.47 Å². The highest BCUT2D eigenvalue weighted by molar-refractivity contribution is 7.25. The summed E-state index contributed by atoms with van der Waals surface area (Å²) >= 11 is 0.900. The van der Waals surface area contributed by atoms with Crippen molar-refractivity contribution < 1.29 is 22.6 Å². The lowest BCUT2D eigenvalue weighted by Crippen LogP contribution is -2.16. The van der Waals surface area contributed by atoms with Crippen LogP contribution in [0.3, 0.4) is 0 Å². The van der Waals surface area contributed by atoms with E-state index in [1.165, 1.54) is 12.1 Å². The van der Waals surface area contributed by atoms with Crippen LogP contribution in [0.2, 0.25) is 0 Å². The molecule has 0 radical (unpaired) electrons. The van der Waals surface area contributed by atoms with Crippen LogP contribution in [0.1, 0.15) is 12.8 Å². The topological polar surface area (TPSA) is 18.5 Å². The number of thiophene rings is 1. The minimum atomic E-state index is -0.940. The molecule has 120 valence electrons. The van der Waals surface area contributed by atoms with Gasteiger partial charge in [0.1, 0.15) is 6.61 Å². The van der Waals surface area contributed by atoms with Gasteiger partial charge in [-0.2, -0.15) is 0 Å². The van der Waals surface area contributed by atoms with Gasteiger partial charge in [0.15, 0.2) is 23.2 Å². The summed E-state index contributed by atoms with van der Waals surface area (Å²) in [5.41, 5.74) is 0. The summed E-state index contributed by atoms with van der Waals surface area (Å²) in [5, 5.41) is 1.07. The molecule has 1 aromatic heterocycles. The molecule has 1 atom stereocenters. The van der Waals surface area contributed by atoms with Crippen molar-refractivity contribution in [1.82, 2.24) is 0 Å². The summed E-state index contributed by atoms with van der Waals surface area (Å²) in [6.45, 7) is 0.993. The van der Waals surface area contributed by atoms with Gasteiger partial charge in [-0.1, -0.05) is 0 Å². The number of halogens is 3. The lowest BCUT2D eigenvalue weighted by molar-refractivity contribution is 0.0667. The summed E-state index contributed by atoms with van der Waals surface area (Å²) in [7, 11) is 0. The molecular weight excluding hydrogens is 325 g/mol. The van der Waals surface area contributed by atoms with Gasteiger partial charge in [-0.3, -0.25) is 0 Å². The fourth-order valence-corrected chi connectivity index (χ4v) is 4.02. The molecule has 2 aromatic carbocycles. The van der Waals surface area contributed by atoms with Gasteiger partial charge in [0.2, 0.25) is 0 Å². The molecule has 2 nitrogen and oxygen atoms in total. The van der Waals surface area contributed by atoms with Crippen molar-refractivity contribution >= 4 is 31.5 Å². The molecule has 3 aromatic rings. The molecule has 0 saturated carbocycles. The maximum Gasteiger partial charge on any atom is 0.182 e. The molecule has 0 aliphatic carbocycles. The first-order valence-corrected chi connectivity index (χ1v) is 8.20. The Kier molecular flexibility index (Phi) is 3.66. The lowest BCUT2D eigenvalue weighted by atomic mass is 10.1. The Labute approximate surface area is 134 Å². The Morgan fingerprint density at radius 2 is 1.78 bits per heavy atom. The van der Waals surface area contributed by atoms with Gasteiger partial charge in [0.25, 0.3) is 0 Å². The molecule has 6 heteroatoms. The van der Waals surface area contributed by atoms with Gasteiger partial charge in [-0.15, -0.1) is 11.3 Å². The predicted molar refractivity (Wildman–Crippen MR) is 83.7 cm³/mol. The van der Waals surface area contributed by atoms with Crippen LogP contribution in [-0.2, 0) is 4.74 Å². The number of rotatable bonds is 3. The third-order valence-corrected chi connectivity index (χ3v) is 5.26. The second kappa shape index (κ2) is 5.69. The van der Waals surface area contributed by atoms with Gasteiger partial charge in [0, 0.05) is 17.4 Å². The zero-order valence-electron chi connectivity index (χ0n) is 12.1. The van der Waals surface area contributed by atoms with Crippen LogP contribution >= 0.6 is 11.3 Å². The fraction of sp³-hybridized carbons (Fsp3) is 0.294. The first kappa shape index (κ1) is 14.8. The average molecular weight is 338 g/mol. The van der Waals surface area contributed by atoms with Crippen molar-refractivity contribution in [1.29, 1.82) is 0 Å². The molecule has 0 spiro atoms. The number of hydrogen-bond acceptors (Lipinski definition) is 3. The summed E-state index contributed by atoms with van der Waals surface area (Å²) in [6, 6.07) is 5.74. The number of benzene rings is 2. The highest BCUT2D eigenvalue weighted by atomic mass is 32.1. The van der Waals surface area contributed by atoms with Crippen LogP contribution in [0, 0.1) is 17.5 Å². The van der Waals surface area contributed by atoms with E-state index in [9.17, 15) is 13.2 Å². The van der Waals surface area contributed by atoms with Crippen molar-refractivity contribution in [2.75, 3.05) is 13.2 Å². The molecule has 2 heterocycles. The maximum atomic E-state index is 14.6. The Hall–Kier alpha value is -1.79. The third-order valence-electron chi connectivity index (χ3n) is 4.05. The van der Waals surface area contributed by atoms with Crippen LogP contribution < -0.4 is 4.74 Å². The zero-order valence-corrected chi connectivity index (χ0v) is 12.9. The van der Waals surface area contributed by atoms with E-state index in [0.29, 0.717) is 17.4 Å². The van der Waals surface area contributed by atoms with Crippen molar-refractivity contribution in [2.24, 2.45) is 0 Å². The zero-order chi connectivity index (χ0) is 16.0. The summed E-state index contributed by atoms with van der Waals surface area (Å²) in [5.74, 6) is -2.30. The normalized spacial score (nSPS) is 18.1. The van der Waals surface area contributed by atoms with Crippen molar-refractivity contribution in [3.8, 4) is 5.75 Å². The van der Waals surface area contributed by atoms with Crippen LogP contribution in [0.5, 0.6) is 5.75 Å². The Morgan fingerprint density at radius 3 is 2.52 bits per heavy atom. The molecule has 1 fully saturated rings. The minimum absolute atomic E-state index is 0.0148. The Bertz CT molecular complexity index is 885. The second-order valence-electron chi connectivity index (χ2n) is 5.54. The quantitative estimate of drug-likeness (QED) is 0.667. The molecule has 23 heavy (non-hydrogen) atoms. The molecule has 1 unspecified atom stereocenters. The van der Waals surface area contributed by atoms with Gasteiger partial charge in [-0.05, 0) is 37.1 Å². The molecule has 1 aliphatic rings. The molecule has 0 N–H and O–H groups in total. The summed E-state index contributed by atoms with van der Waals surface area (Å²) in [6.07, 6.45) is 1.87. The first-order chi connectivity index (χ1) is 11.1. The van der Waals surface area contributed by atoms with E-state index in [0.717, 1.165) is 30.2 Å². The average Bonchev–Trinajstić information content (AvgIpc) is 3.18. The minimum Gasteiger partial charge on any atom is -0.488 e. The van der Waals surface area contributed by atoms with Gasteiger partial charge < -0.3 is 9.47 Å². The van der Waals surface area contributed by atoms with E-state index in [1.807, 2.05) is 0 Å². The third kappa shape index (κ3) is 2.46. The SMILES string of the molecule is Fc1ccc2c(sc3c(F)c(OCC4CCCO4)ccc32)c1F. The molecule has 0 bridgehead atoms. The van der Waals surface area contributed by atoms with E-state index in [1.54, 1.807) is 6.07 Å². The lowest BCUT2D eigenvalue weighted by Gasteiger charge is -2.12. The highest BCUT2D eigenvalue weighted by Gasteiger charge is 2.20. The first-order valence-electron chi connectivity index (χ1n) is 7.38. The predicted octanol–water partition coefficient (Wildman–Crippen LogP) is 5.03. The summed E-state index contributed by atoms with van der Waals surface area (Å²) in [4.78, 5) is 0. The molecule has 0 amide bonds. The fourth-order valence-electron chi connectivity index (χ4n) is 2.87. The maximum absolute atomic E-state index is 14.6. The highest BCUT2D eigenvalue weighted by Crippen LogP contribution is 2.40. The smallest absolute Gasteiger partial charge is 0.182 e. The van der Waals surface area contributed by atoms with Crippen LogP contribution in [0.15, 0.2) is 24.3 Å². The Morgan fingerprint density at radius 1 is 1.04 bits per heavy atom. The van der Waals surface area contributed by atoms with E-state index in [2.05, 4.69) is 0 Å². The monoisotopic (exact) mass is 338 g/mol. The number of fused-ring (bicyclic) bond motifs is 3. The van der Waals surface area contributed by atoms with Crippen LogP contribution in [0.4, 0.5) is 13.2 Å².